The van der Waals surface area contributed by atoms with Crippen LogP contribution in [0.4, 0.5) is 10.5 Å². The maximum Gasteiger partial charge on any atom is 0.410 e. The first-order valence-corrected chi connectivity index (χ1v) is 11.3. The molecule has 5 rings (SSSR count). The Morgan fingerprint density at radius 2 is 1.59 bits per heavy atom. The molecule has 2 aliphatic carbocycles. The molecule has 2 fully saturated rings. The van der Waals surface area contributed by atoms with Crippen LogP contribution in [-0.4, -0.2) is 41.0 Å². The molecular weight excluding hydrogens is 404 g/mol. The van der Waals surface area contributed by atoms with E-state index in [9.17, 15) is 14.4 Å². The number of benzene rings is 2. The van der Waals surface area contributed by atoms with Gasteiger partial charge in [-0.2, -0.15) is 0 Å². The number of anilines is 1. The van der Waals surface area contributed by atoms with Crippen LogP contribution in [0.1, 0.15) is 72.2 Å². The van der Waals surface area contributed by atoms with Crippen LogP contribution in [0.2, 0.25) is 0 Å². The zero-order chi connectivity index (χ0) is 22.6. The Morgan fingerprint density at radius 1 is 1.00 bits per heavy atom. The highest BCUT2D eigenvalue weighted by atomic mass is 16.6. The molecule has 2 saturated carbocycles. The molecule has 32 heavy (non-hydrogen) atoms. The Kier molecular flexibility index (Phi) is 4.84. The van der Waals surface area contributed by atoms with Gasteiger partial charge in [-0.1, -0.05) is 24.3 Å². The van der Waals surface area contributed by atoms with E-state index in [1.807, 2.05) is 49.9 Å². The van der Waals surface area contributed by atoms with Crippen LogP contribution >= 0.6 is 0 Å². The summed E-state index contributed by atoms with van der Waals surface area (Å²) in [4.78, 5) is 41.4. The highest BCUT2D eigenvalue weighted by Crippen LogP contribution is 2.47. The van der Waals surface area contributed by atoms with E-state index in [1.54, 1.807) is 24.3 Å². The first kappa shape index (κ1) is 20.7. The third-order valence-electron chi connectivity index (χ3n) is 6.31. The first-order valence-electron chi connectivity index (χ1n) is 11.3. The van der Waals surface area contributed by atoms with Crippen LogP contribution in [0, 0.1) is 5.92 Å². The van der Waals surface area contributed by atoms with Crippen molar-refractivity contribution < 1.29 is 19.1 Å². The summed E-state index contributed by atoms with van der Waals surface area (Å²) in [5.74, 6) is 0.254. The van der Waals surface area contributed by atoms with E-state index >= 15 is 0 Å². The van der Waals surface area contributed by atoms with Crippen LogP contribution in [0.5, 0.6) is 0 Å². The fourth-order valence-corrected chi connectivity index (χ4v) is 4.42. The second-order valence-electron chi connectivity index (χ2n) is 10.1. The van der Waals surface area contributed by atoms with Crippen molar-refractivity contribution in [2.75, 3.05) is 11.4 Å². The Bertz CT molecular complexity index is 1050. The maximum absolute atomic E-state index is 12.8. The molecule has 0 unspecified atom stereocenters. The number of rotatable bonds is 5. The summed E-state index contributed by atoms with van der Waals surface area (Å²) >= 11 is 0. The second kappa shape index (κ2) is 7.47. The van der Waals surface area contributed by atoms with Gasteiger partial charge in [0.15, 0.2) is 0 Å². The van der Waals surface area contributed by atoms with Gasteiger partial charge in [0, 0.05) is 18.5 Å². The third-order valence-corrected chi connectivity index (χ3v) is 6.31. The van der Waals surface area contributed by atoms with Crippen molar-refractivity contribution in [3.8, 4) is 0 Å². The van der Waals surface area contributed by atoms with Crippen LogP contribution < -0.4 is 4.90 Å². The van der Waals surface area contributed by atoms with Gasteiger partial charge in [-0.3, -0.25) is 9.59 Å². The minimum Gasteiger partial charge on any atom is -0.444 e. The maximum atomic E-state index is 12.8. The smallest absolute Gasteiger partial charge is 0.410 e. The lowest BCUT2D eigenvalue weighted by Gasteiger charge is -2.28. The van der Waals surface area contributed by atoms with Gasteiger partial charge in [0.1, 0.15) is 5.60 Å². The van der Waals surface area contributed by atoms with Gasteiger partial charge in [0.2, 0.25) is 0 Å². The number of ether oxygens (including phenoxy) is 1. The summed E-state index contributed by atoms with van der Waals surface area (Å²) in [7, 11) is 0. The van der Waals surface area contributed by atoms with Crippen LogP contribution in [0.25, 0.3) is 0 Å². The number of amides is 3. The van der Waals surface area contributed by atoms with E-state index in [2.05, 4.69) is 0 Å². The molecule has 2 aromatic carbocycles. The van der Waals surface area contributed by atoms with Crippen molar-refractivity contribution in [3.63, 3.8) is 0 Å². The summed E-state index contributed by atoms with van der Waals surface area (Å²) in [6.07, 6.45) is 3.01. The predicted molar refractivity (Wildman–Crippen MR) is 121 cm³/mol. The van der Waals surface area contributed by atoms with Crippen LogP contribution in [-0.2, 0) is 4.74 Å². The molecule has 1 aliphatic heterocycles. The van der Waals surface area contributed by atoms with E-state index < -0.39 is 5.60 Å². The summed E-state index contributed by atoms with van der Waals surface area (Å²) < 4.78 is 5.66. The molecule has 3 aliphatic rings. The number of carbonyl (C=O) groups is 3. The monoisotopic (exact) mass is 432 g/mol. The average Bonchev–Trinajstić information content (AvgIpc) is 3.66. The van der Waals surface area contributed by atoms with Gasteiger partial charge in [0.05, 0.1) is 16.8 Å². The van der Waals surface area contributed by atoms with E-state index in [4.69, 9.17) is 4.74 Å². The van der Waals surface area contributed by atoms with E-state index in [1.165, 1.54) is 17.7 Å². The molecule has 0 bridgehead atoms. The predicted octanol–water partition coefficient (Wildman–Crippen LogP) is 4.99. The molecule has 0 N–H and O–H groups in total. The number of fused-ring (bicyclic) bond motifs is 1. The van der Waals surface area contributed by atoms with Gasteiger partial charge in [-0.25, -0.2) is 9.69 Å². The quantitative estimate of drug-likeness (QED) is 0.624. The first-order chi connectivity index (χ1) is 15.2. The molecule has 0 saturated heterocycles. The standard InChI is InChI=1S/C26H28N2O4/c1-26(2,3)32-25(31)27(15-16-8-9-16)22-14-21(22)17-10-12-18(13-11-17)28-23(29)19-6-4-5-7-20(19)24(28)30/h4-7,10-13,16,21-22H,8-9,14-15H2,1-3H3/t21-,22+/m0/s1. The SMILES string of the molecule is CC(C)(C)OC(=O)N(CC1CC1)[C@@H]1C[C@H]1c1ccc(N2C(=O)c3ccccc3C2=O)cc1. The lowest BCUT2D eigenvalue weighted by Crippen LogP contribution is -2.40. The molecule has 3 amide bonds. The Hall–Kier alpha value is -3.15. The van der Waals surface area contributed by atoms with Gasteiger partial charge >= 0.3 is 6.09 Å². The largest absolute Gasteiger partial charge is 0.444 e. The van der Waals surface area contributed by atoms with Crippen molar-refractivity contribution >= 4 is 23.6 Å². The Morgan fingerprint density at radius 3 is 2.12 bits per heavy atom. The molecule has 2 atom stereocenters. The minimum atomic E-state index is -0.517. The third kappa shape index (κ3) is 3.90. The number of nitrogens with zero attached hydrogens (tertiary/aromatic N) is 2. The summed E-state index contributed by atoms with van der Waals surface area (Å²) in [6, 6.07) is 14.6. The van der Waals surface area contributed by atoms with Crippen molar-refractivity contribution in [3.05, 3.63) is 65.2 Å². The molecule has 6 nitrogen and oxygen atoms in total. The zero-order valence-corrected chi connectivity index (χ0v) is 18.7. The van der Waals surface area contributed by atoms with Gasteiger partial charge in [-0.15, -0.1) is 0 Å². The molecule has 166 valence electrons. The van der Waals surface area contributed by atoms with E-state index in [0.29, 0.717) is 22.7 Å². The fourth-order valence-electron chi connectivity index (χ4n) is 4.42. The lowest BCUT2D eigenvalue weighted by atomic mass is 10.1. The number of hydrogen-bond donors (Lipinski definition) is 0. The highest BCUT2D eigenvalue weighted by Gasteiger charge is 2.47. The van der Waals surface area contributed by atoms with Crippen molar-refractivity contribution in [1.82, 2.24) is 4.90 Å². The molecule has 0 radical (unpaired) electrons. The molecule has 0 aromatic heterocycles. The average molecular weight is 433 g/mol. The van der Waals surface area contributed by atoms with Gasteiger partial charge in [0.25, 0.3) is 11.8 Å². The van der Waals surface area contributed by atoms with Crippen molar-refractivity contribution in [1.29, 1.82) is 0 Å². The number of imide groups is 1. The fraction of sp³-hybridized carbons (Fsp3) is 0.423. The Balaban J connectivity index is 1.30. The van der Waals surface area contributed by atoms with Gasteiger partial charge < -0.3 is 9.64 Å². The highest BCUT2D eigenvalue weighted by molar-refractivity contribution is 6.34. The molecule has 2 aromatic rings. The Labute approximate surface area is 188 Å². The lowest BCUT2D eigenvalue weighted by molar-refractivity contribution is 0.0220. The molecule has 6 heteroatoms. The van der Waals surface area contributed by atoms with Crippen LogP contribution in [0.3, 0.4) is 0 Å². The second-order valence-corrected chi connectivity index (χ2v) is 10.1. The molecule has 0 spiro atoms. The summed E-state index contributed by atoms with van der Waals surface area (Å²) in [6.45, 7) is 6.43. The van der Waals surface area contributed by atoms with E-state index in [0.717, 1.165) is 18.5 Å². The van der Waals surface area contributed by atoms with Crippen LogP contribution in [0.15, 0.2) is 48.5 Å². The van der Waals surface area contributed by atoms with Crippen molar-refractivity contribution in [2.45, 2.75) is 57.6 Å². The normalized spacial score (nSPS) is 22.0. The van der Waals surface area contributed by atoms with E-state index in [-0.39, 0.29) is 29.9 Å². The topological polar surface area (TPSA) is 66.9 Å². The molecular formula is C26H28N2O4. The number of carbonyl (C=O) groups excluding carboxylic acids is 3. The summed E-state index contributed by atoms with van der Waals surface area (Å²) in [5.41, 5.74) is 2.05. The molecule has 1 heterocycles. The number of hydrogen-bond acceptors (Lipinski definition) is 4. The summed E-state index contributed by atoms with van der Waals surface area (Å²) in [5, 5.41) is 0. The zero-order valence-electron chi connectivity index (χ0n) is 18.7. The minimum absolute atomic E-state index is 0.135. The van der Waals surface area contributed by atoms with Crippen molar-refractivity contribution in [2.24, 2.45) is 5.92 Å². The van der Waals surface area contributed by atoms with Gasteiger partial charge in [-0.05, 0) is 75.8 Å².